The van der Waals surface area contributed by atoms with Crippen molar-refractivity contribution in [3.8, 4) is 6.07 Å². The first-order chi connectivity index (χ1) is 15.5. The Hall–Kier alpha value is -4.16. The Balaban J connectivity index is 2.07. The van der Waals surface area contributed by atoms with E-state index in [4.69, 9.17) is 15.7 Å². The number of hydrogen-bond acceptors (Lipinski definition) is 6. The average molecular weight is 433 g/mol. The number of carbonyl (C=O) groups is 1. The lowest BCUT2D eigenvalue weighted by molar-refractivity contribution is 0.0983. The Morgan fingerprint density at radius 1 is 1.16 bits per heavy atom. The number of nitriles is 1. The first-order valence-electron chi connectivity index (χ1n) is 9.93. The Labute approximate surface area is 184 Å². The summed E-state index contributed by atoms with van der Waals surface area (Å²) in [6.45, 7) is 0.633. The van der Waals surface area contributed by atoms with Gasteiger partial charge < -0.3 is 15.4 Å². The van der Waals surface area contributed by atoms with Gasteiger partial charge in [-0.15, -0.1) is 0 Å². The quantitative estimate of drug-likeness (QED) is 0.520. The van der Waals surface area contributed by atoms with Crippen molar-refractivity contribution in [1.29, 1.82) is 5.26 Å². The highest BCUT2D eigenvalue weighted by atomic mass is 16.5. The van der Waals surface area contributed by atoms with Gasteiger partial charge in [0.25, 0.3) is 11.5 Å². The Morgan fingerprint density at radius 3 is 2.47 bits per heavy atom. The highest BCUT2D eigenvalue weighted by Crippen LogP contribution is 2.21. The van der Waals surface area contributed by atoms with Crippen molar-refractivity contribution in [2.24, 2.45) is 0 Å². The molecule has 164 valence electrons. The van der Waals surface area contributed by atoms with Crippen LogP contribution in [0.15, 0.2) is 64.2 Å². The number of aromatic amines is 1. The van der Waals surface area contributed by atoms with E-state index in [0.29, 0.717) is 18.6 Å². The van der Waals surface area contributed by atoms with Crippen LogP contribution in [0.3, 0.4) is 0 Å². The van der Waals surface area contributed by atoms with E-state index in [0.717, 1.165) is 5.56 Å². The lowest BCUT2D eigenvalue weighted by Crippen LogP contribution is -2.42. The summed E-state index contributed by atoms with van der Waals surface area (Å²) in [7, 11) is 1.54. The number of ether oxygens (including phenoxy) is 1. The number of anilines is 2. The number of carbonyl (C=O) groups excluding carboxylic acids is 1. The fourth-order valence-corrected chi connectivity index (χ4v) is 3.29. The van der Waals surface area contributed by atoms with Gasteiger partial charge in [-0.25, -0.2) is 4.79 Å². The maximum absolute atomic E-state index is 13.3. The van der Waals surface area contributed by atoms with Crippen molar-refractivity contribution in [2.45, 2.75) is 13.0 Å². The van der Waals surface area contributed by atoms with E-state index in [1.165, 1.54) is 40.8 Å². The molecule has 0 aliphatic carbocycles. The normalized spacial score (nSPS) is 10.5. The van der Waals surface area contributed by atoms with Crippen molar-refractivity contribution >= 4 is 17.4 Å². The summed E-state index contributed by atoms with van der Waals surface area (Å²) in [4.78, 5) is 42.1. The van der Waals surface area contributed by atoms with Crippen LogP contribution >= 0.6 is 0 Å². The van der Waals surface area contributed by atoms with Crippen LogP contribution in [0.4, 0.5) is 11.5 Å². The number of aromatic nitrogens is 2. The summed E-state index contributed by atoms with van der Waals surface area (Å²) in [6.07, 6.45) is 0.440. The van der Waals surface area contributed by atoms with Gasteiger partial charge in [-0.05, 0) is 36.2 Å². The van der Waals surface area contributed by atoms with Crippen molar-refractivity contribution < 1.29 is 9.53 Å². The summed E-state index contributed by atoms with van der Waals surface area (Å²) in [5, 5.41) is 8.99. The third-order valence-corrected chi connectivity index (χ3v) is 4.90. The number of H-pyrrole nitrogens is 1. The SMILES string of the molecule is COCCCN(C(=O)c1ccc(C#N)cc1)c1c(N)n(Cc2ccccc2)c(=O)[nH]c1=O. The standard InChI is InChI=1S/C23H23N5O4/c1-32-13-5-12-27(22(30)18-10-8-16(14-24)9-11-18)19-20(25)28(23(31)26-21(19)29)15-17-6-3-2-4-7-17/h2-4,6-11H,5,12-13,15,25H2,1H3,(H,26,29,31). The molecule has 3 aromatic rings. The van der Waals surface area contributed by atoms with E-state index < -0.39 is 17.2 Å². The van der Waals surface area contributed by atoms with Crippen LogP contribution in [0.5, 0.6) is 0 Å². The molecule has 9 nitrogen and oxygen atoms in total. The lowest BCUT2D eigenvalue weighted by atomic mass is 10.1. The van der Waals surface area contributed by atoms with Gasteiger partial charge in [0, 0.05) is 25.8 Å². The van der Waals surface area contributed by atoms with Crippen LogP contribution in [0.2, 0.25) is 0 Å². The van der Waals surface area contributed by atoms with Crippen LogP contribution < -0.4 is 21.9 Å². The molecule has 0 spiro atoms. The van der Waals surface area contributed by atoms with Crippen molar-refractivity contribution in [3.05, 3.63) is 92.1 Å². The fraction of sp³-hybridized carbons (Fsp3) is 0.217. The Kier molecular flexibility index (Phi) is 7.21. The molecule has 0 radical (unpaired) electrons. The molecule has 0 aliphatic heterocycles. The fourth-order valence-electron chi connectivity index (χ4n) is 3.29. The number of methoxy groups -OCH3 is 1. The van der Waals surface area contributed by atoms with Gasteiger partial charge in [0.1, 0.15) is 5.82 Å². The Bertz CT molecular complexity index is 1240. The highest BCUT2D eigenvalue weighted by Gasteiger charge is 2.25. The minimum absolute atomic E-state index is 0.106. The summed E-state index contributed by atoms with van der Waals surface area (Å²) in [5.74, 6) is -0.588. The van der Waals surface area contributed by atoms with Gasteiger partial charge in [0.15, 0.2) is 5.69 Å². The lowest BCUT2D eigenvalue weighted by Gasteiger charge is -2.24. The smallest absolute Gasteiger partial charge is 0.330 e. The summed E-state index contributed by atoms with van der Waals surface area (Å²) in [6, 6.07) is 17.2. The van der Waals surface area contributed by atoms with Crippen molar-refractivity contribution in [1.82, 2.24) is 9.55 Å². The number of benzene rings is 2. The molecule has 0 fully saturated rings. The molecule has 3 N–H and O–H groups in total. The number of nitrogens with one attached hydrogen (secondary N) is 1. The number of nitrogens with zero attached hydrogens (tertiary/aromatic N) is 3. The monoisotopic (exact) mass is 433 g/mol. The van der Waals surface area contributed by atoms with Gasteiger partial charge in [-0.2, -0.15) is 5.26 Å². The van der Waals surface area contributed by atoms with Crippen molar-refractivity contribution in [2.75, 3.05) is 30.9 Å². The van der Waals surface area contributed by atoms with E-state index in [2.05, 4.69) is 4.98 Å². The number of rotatable bonds is 8. The topological polar surface area (TPSA) is 134 Å². The zero-order valence-corrected chi connectivity index (χ0v) is 17.6. The molecule has 0 atom stereocenters. The molecule has 0 unspecified atom stereocenters. The maximum atomic E-state index is 13.3. The van der Waals surface area contributed by atoms with Gasteiger partial charge in [0.2, 0.25) is 0 Å². The van der Waals surface area contributed by atoms with E-state index >= 15 is 0 Å². The number of amides is 1. The van der Waals surface area contributed by atoms with Crippen molar-refractivity contribution in [3.63, 3.8) is 0 Å². The largest absolute Gasteiger partial charge is 0.385 e. The third kappa shape index (κ3) is 4.94. The average Bonchev–Trinajstić information content (AvgIpc) is 2.81. The molecule has 1 heterocycles. The van der Waals surface area contributed by atoms with Crippen LogP contribution in [-0.2, 0) is 11.3 Å². The second-order valence-electron chi connectivity index (χ2n) is 7.06. The molecule has 0 saturated heterocycles. The number of nitrogens with two attached hydrogens (primary N) is 1. The van der Waals surface area contributed by atoms with Crippen LogP contribution in [-0.4, -0.2) is 35.7 Å². The number of nitrogen functional groups attached to an aromatic ring is 1. The minimum Gasteiger partial charge on any atom is -0.385 e. The molecule has 0 aliphatic rings. The third-order valence-electron chi connectivity index (χ3n) is 4.90. The molecule has 0 saturated carbocycles. The molecule has 32 heavy (non-hydrogen) atoms. The molecular formula is C23H23N5O4. The van der Waals surface area contributed by atoms with Crippen LogP contribution in [0.25, 0.3) is 0 Å². The Morgan fingerprint density at radius 2 is 1.84 bits per heavy atom. The molecule has 9 heteroatoms. The first kappa shape index (κ1) is 22.5. The molecule has 0 bridgehead atoms. The molecule has 1 amide bonds. The van der Waals surface area contributed by atoms with Gasteiger partial charge >= 0.3 is 5.69 Å². The zero-order chi connectivity index (χ0) is 23.1. The van der Waals surface area contributed by atoms with E-state index in [1.54, 1.807) is 0 Å². The number of hydrogen-bond donors (Lipinski definition) is 2. The maximum Gasteiger partial charge on any atom is 0.330 e. The second-order valence-corrected chi connectivity index (χ2v) is 7.06. The minimum atomic E-state index is -0.753. The van der Waals surface area contributed by atoms with Gasteiger partial charge in [0.05, 0.1) is 18.2 Å². The highest BCUT2D eigenvalue weighted by molar-refractivity contribution is 6.07. The predicted molar refractivity (Wildman–Crippen MR) is 121 cm³/mol. The first-order valence-corrected chi connectivity index (χ1v) is 9.93. The molecular weight excluding hydrogens is 410 g/mol. The summed E-state index contributed by atoms with van der Waals surface area (Å²) in [5.41, 5.74) is 6.24. The van der Waals surface area contributed by atoms with E-state index in [-0.39, 0.29) is 30.2 Å². The van der Waals surface area contributed by atoms with Crippen LogP contribution in [0, 0.1) is 11.3 Å². The van der Waals surface area contributed by atoms with E-state index in [1.807, 2.05) is 36.4 Å². The van der Waals surface area contributed by atoms with E-state index in [9.17, 15) is 14.4 Å². The molecule has 2 aromatic carbocycles. The molecule has 3 rings (SSSR count). The van der Waals surface area contributed by atoms with Gasteiger partial charge in [-0.1, -0.05) is 30.3 Å². The zero-order valence-electron chi connectivity index (χ0n) is 17.6. The van der Waals surface area contributed by atoms with Gasteiger partial charge in [-0.3, -0.25) is 19.1 Å². The summed E-state index contributed by atoms with van der Waals surface area (Å²) < 4.78 is 6.30. The predicted octanol–water partition coefficient (Wildman–Crippen LogP) is 1.72. The summed E-state index contributed by atoms with van der Waals surface area (Å²) >= 11 is 0. The molecule has 1 aromatic heterocycles. The van der Waals surface area contributed by atoms with Crippen LogP contribution in [0.1, 0.15) is 27.9 Å². The second kappa shape index (κ2) is 10.2.